The minimum Gasteiger partial charge on any atom is -0.327 e. The van der Waals surface area contributed by atoms with E-state index in [9.17, 15) is 0 Å². The summed E-state index contributed by atoms with van der Waals surface area (Å²) in [4.78, 5) is 0. The normalized spacial score (nSPS) is 25.4. The van der Waals surface area contributed by atoms with E-state index < -0.39 is 0 Å². The number of hydrogen-bond acceptors (Lipinski definition) is 2. The molecule has 0 heterocycles. The first-order valence-electron chi connectivity index (χ1n) is 4.61. The molecule has 1 saturated carbocycles. The molecular weight excluding hydrogens is 154 g/mol. The van der Waals surface area contributed by atoms with Crippen LogP contribution >= 0.6 is 11.8 Å². The Morgan fingerprint density at radius 3 is 2.36 bits per heavy atom. The summed E-state index contributed by atoms with van der Waals surface area (Å²) in [5.41, 5.74) is 6.00. The molecule has 66 valence electrons. The van der Waals surface area contributed by atoms with E-state index in [-0.39, 0.29) is 0 Å². The fraction of sp³-hybridized carbons (Fsp3) is 1.00. The lowest BCUT2D eigenvalue weighted by Crippen LogP contribution is -2.40. The van der Waals surface area contributed by atoms with E-state index in [2.05, 4.69) is 25.6 Å². The van der Waals surface area contributed by atoms with Crippen LogP contribution in [0.1, 0.15) is 39.5 Å². The molecule has 0 radical (unpaired) electrons. The van der Waals surface area contributed by atoms with Crippen molar-refractivity contribution >= 4 is 11.8 Å². The molecule has 0 aromatic heterocycles. The van der Waals surface area contributed by atoms with Crippen LogP contribution in [0.15, 0.2) is 0 Å². The van der Waals surface area contributed by atoms with Gasteiger partial charge >= 0.3 is 0 Å². The highest BCUT2D eigenvalue weighted by molar-refractivity contribution is 8.00. The minimum absolute atomic E-state index is 0.370. The zero-order chi connectivity index (χ0) is 8.32. The molecule has 1 aliphatic rings. The first-order valence-corrected chi connectivity index (χ1v) is 5.59. The molecule has 0 bridgehead atoms. The van der Waals surface area contributed by atoms with Gasteiger partial charge in [-0.25, -0.2) is 0 Å². The first-order chi connectivity index (χ1) is 5.21. The van der Waals surface area contributed by atoms with Gasteiger partial charge in [-0.2, -0.15) is 11.8 Å². The Morgan fingerprint density at radius 2 is 2.00 bits per heavy atom. The van der Waals surface area contributed by atoms with Crippen LogP contribution in [0.5, 0.6) is 0 Å². The smallest absolute Gasteiger partial charge is 0.0308 e. The predicted octanol–water partition coefficient (Wildman–Crippen LogP) is 2.40. The molecule has 0 aliphatic heterocycles. The average molecular weight is 173 g/mol. The topological polar surface area (TPSA) is 26.0 Å². The summed E-state index contributed by atoms with van der Waals surface area (Å²) in [5, 5.41) is 0. The van der Waals surface area contributed by atoms with Gasteiger partial charge in [-0.15, -0.1) is 0 Å². The molecule has 1 nitrogen and oxygen atoms in total. The van der Waals surface area contributed by atoms with Gasteiger partial charge in [0.15, 0.2) is 0 Å². The largest absolute Gasteiger partial charge is 0.327 e. The first kappa shape index (κ1) is 9.40. The maximum absolute atomic E-state index is 6.00. The lowest BCUT2D eigenvalue weighted by Gasteiger charge is -2.32. The second-order valence-electron chi connectivity index (χ2n) is 3.49. The van der Waals surface area contributed by atoms with Gasteiger partial charge in [-0.3, -0.25) is 0 Å². The molecular formula is C9H19NS. The Labute approximate surface area is 74.1 Å². The third-order valence-corrected chi connectivity index (χ3v) is 4.36. The van der Waals surface area contributed by atoms with Gasteiger partial charge in [0, 0.05) is 10.8 Å². The lowest BCUT2D eigenvalue weighted by molar-refractivity contribution is 0.508. The highest BCUT2D eigenvalue weighted by Crippen LogP contribution is 2.43. The molecule has 1 fully saturated rings. The molecule has 1 atom stereocenters. The van der Waals surface area contributed by atoms with Crippen molar-refractivity contribution in [3.05, 3.63) is 0 Å². The van der Waals surface area contributed by atoms with Crippen molar-refractivity contribution in [2.75, 3.05) is 5.75 Å². The Bertz CT molecular complexity index is 117. The number of nitrogens with two attached hydrogens (primary N) is 1. The summed E-state index contributed by atoms with van der Waals surface area (Å²) >= 11 is 2.07. The molecule has 1 unspecified atom stereocenters. The molecule has 0 aromatic carbocycles. The van der Waals surface area contributed by atoms with Gasteiger partial charge in [-0.1, -0.05) is 19.8 Å². The van der Waals surface area contributed by atoms with E-state index >= 15 is 0 Å². The van der Waals surface area contributed by atoms with E-state index in [0.29, 0.717) is 10.8 Å². The van der Waals surface area contributed by atoms with Gasteiger partial charge < -0.3 is 5.73 Å². The van der Waals surface area contributed by atoms with Crippen LogP contribution in [0.4, 0.5) is 0 Å². The van der Waals surface area contributed by atoms with Crippen LogP contribution in [0.2, 0.25) is 0 Å². The van der Waals surface area contributed by atoms with E-state index in [1.165, 1.54) is 31.4 Å². The second-order valence-corrected chi connectivity index (χ2v) is 5.17. The summed E-state index contributed by atoms with van der Waals surface area (Å²) < 4.78 is 0.439. The summed E-state index contributed by atoms with van der Waals surface area (Å²) in [7, 11) is 0. The molecule has 11 heavy (non-hydrogen) atoms. The number of hydrogen-bond donors (Lipinski definition) is 1. The quantitative estimate of drug-likeness (QED) is 0.709. The van der Waals surface area contributed by atoms with Crippen molar-refractivity contribution in [3.8, 4) is 0 Å². The van der Waals surface area contributed by atoms with Crippen LogP contribution in [-0.2, 0) is 0 Å². The second kappa shape index (κ2) is 3.81. The zero-order valence-electron chi connectivity index (χ0n) is 7.60. The minimum atomic E-state index is 0.370. The Morgan fingerprint density at radius 1 is 1.45 bits per heavy atom. The van der Waals surface area contributed by atoms with Crippen LogP contribution in [-0.4, -0.2) is 16.5 Å². The summed E-state index contributed by atoms with van der Waals surface area (Å²) in [6.45, 7) is 4.39. The fourth-order valence-electron chi connectivity index (χ4n) is 1.99. The van der Waals surface area contributed by atoms with Crippen LogP contribution < -0.4 is 5.73 Å². The van der Waals surface area contributed by atoms with Crippen molar-refractivity contribution in [3.63, 3.8) is 0 Å². The number of rotatable bonds is 3. The third kappa shape index (κ3) is 1.91. The summed E-state index contributed by atoms with van der Waals surface area (Å²) in [6, 6.07) is 0.370. The lowest BCUT2D eigenvalue weighted by atomic mass is 9.99. The van der Waals surface area contributed by atoms with Crippen molar-refractivity contribution < 1.29 is 0 Å². The van der Waals surface area contributed by atoms with Gasteiger partial charge in [0.1, 0.15) is 0 Å². The monoisotopic (exact) mass is 173 g/mol. The maximum Gasteiger partial charge on any atom is 0.0308 e. The molecule has 2 heteroatoms. The number of thioether (sulfide) groups is 1. The predicted molar refractivity (Wildman–Crippen MR) is 53.0 cm³/mol. The average Bonchev–Trinajstić information content (AvgIpc) is 2.38. The molecule has 0 saturated heterocycles. The van der Waals surface area contributed by atoms with Gasteiger partial charge in [0.05, 0.1) is 0 Å². The Balaban J connectivity index is 2.55. The van der Waals surface area contributed by atoms with Crippen LogP contribution in [0, 0.1) is 0 Å². The third-order valence-electron chi connectivity index (χ3n) is 2.71. The van der Waals surface area contributed by atoms with Crippen molar-refractivity contribution in [2.24, 2.45) is 5.73 Å². The fourth-order valence-corrected chi connectivity index (χ4v) is 3.41. The summed E-state index contributed by atoms with van der Waals surface area (Å²) in [5.74, 6) is 1.21. The van der Waals surface area contributed by atoms with Crippen molar-refractivity contribution in [1.82, 2.24) is 0 Å². The van der Waals surface area contributed by atoms with E-state index in [1.54, 1.807) is 0 Å². The standard InChI is InChI=1S/C9H19NS/c1-3-11-9(8(2)10)6-4-5-7-9/h8H,3-7,10H2,1-2H3. The van der Waals surface area contributed by atoms with E-state index in [4.69, 9.17) is 5.73 Å². The van der Waals surface area contributed by atoms with Crippen molar-refractivity contribution in [1.29, 1.82) is 0 Å². The maximum atomic E-state index is 6.00. The Hall–Kier alpha value is 0.310. The zero-order valence-corrected chi connectivity index (χ0v) is 8.41. The molecule has 1 aliphatic carbocycles. The van der Waals surface area contributed by atoms with Crippen molar-refractivity contribution in [2.45, 2.75) is 50.3 Å². The van der Waals surface area contributed by atoms with E-state index in [0.717, 1.165) is 0 Å². The molecule has 2 N–H and O–H groups in total. The van der Waals surface area contributed by atoms with Crippen LogP contribution in [0.3, 0.4) is 0 Å². The van der Waals surface area contributed by atoms with E-state index in [1.807, 2.05) is 0 Å². The Kier molecular flexibility index (Phi) is 3.26. The highest BCUT2D eigenvalue weighted by Gasteiger charge is 2.36. The van der Waals surface area contributed by atoms with Gasteiger partial charge in [0.25, 0.3) is 0 Å². The SMILES string of the molecule is CCSC1(C(C)N)CCCC1. The molecule has 0 amide bonds. The summed E-state index contributed by atoms with van der Waals surface area (Å²) in [6.07, 6.45) is 5.44. The molecule has 1 rings (SSSR count). The van der Waals surface area contributed by atoms with Gasteiger partial charge in [0.2, 0.25) is 0 Å². The highest BCUT2D eigenvalue weighted by atomic mass is 32.2. The van der Waals surface area contributed by atoms with Gasteiger partial charge in [-0.05, 0) is 25.5 Å². The van der Waals surface area contributed by atoms with Crippen LogP contribution in [0.25, 0.3) is 0 Å². The molecule has 0 spiro atoms. The molecule has 0 aromatic rings.